The van der Waals surface area contributed by atoms with Crippen LogP contribution in [0.4, 0.5) is 43.8 Å². The van der Waals surface area contributed by atoms with Crippen molar-refractivity contribution in [3.63, 3.8) is 0 Å². The fourth-order valence-electron chi connectivity index (χ4n) is 22.1. The van der Waals surface area contributed by atoms with E-state index < -0.39 is 84.4 Å². The molecule has 6 aromatic heterocycles. The van der Waals surface area contributed by atoms with Crippen LogP contribution in [0.15, 0.2) is 152 Å². The highest BCUT2D eigenvalue weighted by Gasteiger charge is 2.60. The van der Waals surface area contributed by atoms with E-state index >= 15 is 0 Å². The second kappa shape index (κ2) is 30.8. The van der Waals surface area contributed by atoms with Crippen LogP contribution in [0.25, 0.3) is 6.08 Å². The Labute approximate surface area is 716 Å². The molecule has 6 amide bonds. The van der Waals surface area contributed by atoms with Gasteiger partial charge in [-0.25, -0.2) is 41.3 Å². The predicted molar refractivity (Wildman–Crippen MR) is 453 cm³/mol. The lowest BCUT2D eigenvalue weighted by molar-refractivity contribution is -0.163. The molecule has 0 unspecified atom stereocenters. The SMILES string of the molecule is CC1(C)C(=O)N(C/C=C/c2cnc3c(c2)C[C@@]2(C3)C(=O)Nc3ncccc32)[C@](C)(c2cc(F)cc(F)c2)CN1[11CH3].C[C@@]1(c2cc(F)cc(F)c2)CN([11CH3])C2(CCCC2)C(=O)N1CC#Cc1cnc2c(c1)C[C@@]1(C2)C(=O)Nc2ncccc21.C[C@@]1(c2cc(F)cc(F)c2)CN([11CH3])C2(CCCC2)C(=O)N1CCCc1cnc2c(c1)C[C@@]1(C2)C(=O)Nc2ncccc21. The summed E-state index contributed by atoms with van der Waals surface area (Å²) in [6.07, 6.45) is 25.7. The van der Waals surface area contributed by atoms with Crippen LogP contribution in [0.3, 0.4) is 0 Å². The summed E-state index contributed by atoms with van der Waals surface area (Å²) in [6, 6.07) is 28.1. The summed E-state index contributed by atoms with van der Waals surface area (Å²) in [5, 5.41) is 8.77. The number of anilines is 3. The number of likely N-dealkylation sites (N-methyl/N-ethyl adjacent to an activating group) is 3. The van der Waals surface area contributed by atoms with Crippen molar-refractivity contribution in [1.82, 2.24) is 59.3 Å². The second-order valence-corrected chi connectivity index (χ2v) is 37.0. The van der Waals surface area contributed by atoms with Gasteiger partial charge < -0.3 is 30.7 Å². The number of hydrogen-bond donors (Lipinski definition) is 3. The summed E-state index contributed by atoms with van der Waals surface area (Å²) in [5.74, 6) is 3.92. The summed E-state index contributed by atoms with van der Waals surface area (Å²) in [7, 11) is 5.75. The van der Waals surface area contributed by atoms with E-state index in [9.17, 15) is 55.1 Å². The van der Waals surface area contributed by atoms with Crippen LogP contribution in [0.1, 0.15) is 176 Å². The van der Waals surface area contributed by atoms with Gasteiger partial charge in [0, 0.05) is 147 Å². The largest absolute Gasteiger partial charge is 0.330 e. The average Bonchev–Trinajstić information content (AvgIpc) is 1.65. The molecule has 11 aliphatic rings. The van der Waals surface area contributed by atoms with Crippen molar-refractivity contribution in [3.05, 3.63) is 271 Å². The molecule has 638 valence electrons. The Kier molecular flexibility index (Phi) is 20.6. The van der Waals surface area contributed by atoms with Crippen LogP contribution in [-0.2, 0) is 107 Å². The molecule has 5 spiro atoms. The first-order chi connectivity index (χ1) is 59.2. The normalized spacial score (nSPS) is 25.9. The first kappa shape index (κ1) is 83.1. The molecule has 6 atom stereocenters. The van der Waals surface area contributed by atoms with E-state index in [1.165, 1.54) is 36.4 Å². The summed E-state index contributed by atoms with van der Waals surface area (Å²) in [6.45, 7) is 11.5. The molecule has 27 heteroatoms. The molecule has 6 aliphatic heterocycles. The van der Waals surface area contributed by atoms with E-state index in [2.05, 4.69) is 68.6 Å². The zero-order valence-electron chi connectivity index (χ0n) is 70.7. The van der Waals surface area contributed by atoms with Crippen molar-refractivity contribution in [2.24, 2.45) is 0 Å². The van der Waals surface area contributed by atoms with Gasteiger partial charge in [-0.05, 0) is 225 Å². The molecular weight excluding hydrogens is 1580 g/mol. The number of amides is 6. The number of piperazine rings is 3. The molecule has 5 aliphatic carbocycles. The van der Waals surface area contributed by atoms with Crippen LogP contribution >= 0.6 is 0 Å². The Bertz CT molecular complexity index is 5980. The molecule has 21 nitrogen and oxygen atoms in total. The van der Waals surface area contributed by atoms with Gasteiger partial charge in [-0.2, -0.15) is 0 Å². The number of benzene rings is 3. The lowest BCUT2D eigenvalue weighted by Gasteiger charge is -2.56. The van der Waals surface area contributed by atoms with Crippen molar-refractivity contribution in [2.45, 2.75) is 187 Å². The number of hydrogen-bond acceptors (Lipinski definition) is 15. The highest BCUT2D eigenvalue weighted by Crippen LogP contribution is 2.53. The standard InChI is InChI=1S/C33H35F2N5O2.C33H31F2N5O2.C31H31F2N5O2/c2*1-31(23-14-24(34)16-25(35)15-23)20-39(2)33(9-3-4-10-33)30(42)40(31)12-6-7-21-13-22-17-32(18-27(22)37-19-21)26-8-5-11-36-28(26)38-29(32)41;1-29(2)28(40)38(30(3,18-37(29)4)21-12-22(32)14-23(33)13-21)10-6-7-19-11-20-15-31(16-25(20)35-17-19)24-8-5-9-34-26(24)36-27(31)39/h5,8,11,13-16,19H,3-4,6-7,9-10,12,17-18,20H2,1-2H3,(H,36,38,41);5,8,11,13-16,19H,3-4,9-10,12,17-18,20H2,1-2H3,(H,36,38,41);5-9,11-14,17H,10,15-16,18H2,1-4H3,(H,34,36,39)/b;;7-6+/t2*31-,32-;30-,31-/m000/s1/i2*2-1;4-1. The van der Waals surface area contributed by atoms with E-state index in [0.29, 0.717) is 117 Å². The summed E-state index contributed by atoms with van der Waals surface area (Å²) in [4.78, 5) is 120. The van der Waals surface area contributed by atoms with Crippen LogP contribution in [0.5, 0.6) is 0 Å². The van der Waals surface area contributed by atoms with Crippen molar-refractivity contribution in [3.8, 4) is 11.8 Å². The maximum absolute atomic E-state index is 14.4. The van der Waals surface area contributed by atoms with E-state index in [0.717, 1.165) is 131 Å². The van der Waals surface area contributed by atoms with E-state index in [1.54, 1.807) is 40.8 Å². The van der Waals surface area contributed by atoms with E-state index in [4.69, 9.17) is 4.98 Å². The fraction of sp³-hybridized carbons (Fsp3) is 0.402. The predicted octanol–water partition coefficient (Wildman–Crippen LogP) is 13.0. The monoisotopic (exact) mass is 1680 g/mol. The molecule has 0 bridgehead atoms. The molecule has 20 rings (SSSR count). The zero-order valence-corrected chi connectivity index (χ0v) is 70.7. The van der Waals surface area contributed by atoms with Crippen molar-refractivity contribution in [2.75, 3.05) is 76.4 Å². The fourth-order valence-corrected chi connectivity index (χ4v) is 22.1. The topological polar surface area (TPSA) is 235 Å². The van der Waals surface area contributed by atoms with Gasteiger partial charge in [0.05, 0.1) is 44.9 Å². The van der Waals surface area contributed by atoms with Gasteiger partial charge in [-0.1, -0.05) is 73.9 Å². The summed E-state index contributed by atoms with van der Waals surface area (Å²) in [5.41, 5.74) is 5.49. The number of aryl methyl sites for hydroxylation is 1. The number of nitrogens with zero attached hydrogens (tertiary/aromatic N) is 12. The highest BCUT2D eigenvalue weighted by molar-refractivity contribution is 6.08. The number of pyridine rings is 6. The van der Waals surface area contributed by atoms with E-state index in [-0.39, 0.29) is 48.5 Å². The number of aromatic nitrogens is 6. The quantitative estimate of drug-likeness (QED) is 0.0807. The first-order valence-electron chi connectivity index (χ1n) is 42.6. The van der Waals surface area contributed by atoms with Crippen LogP contribution in [0, 0.1) is 46.7 Å². The molecule has 3 N–H and O–H groups in total. The van der Waals surface area contributed by atoms with E-state index in [1.807, 2.05) is 132 Å². The van der Waals surface area contributed by atoms with Gasteiger partial charge >= 0.3 is 0 Å². The highest BCUT2D eigenvalue weighted by atomic mass is 19.2. The van der Waals surface area contributed by atoms with Gasteiger partial charge in [0.15, 0.2) is 0 Å². The minimum atomic E-state index is -0.975. The third kappa shape index (κ3) is 13.7. The van der Waals surface area contributed by atoms with Crippen molar-refractivity contribution >= 4 is 59.0 Å². The Morgan fingerprint density at radius 1 is 0.435 bits per heavy atom. The second-order valence-electron chi connectivity index (χ2n) is 37.0. The van der Waals surface area contributed by atoms with Gasteiger partial charge in [0.25, 0.3) is 0 Å². The van der Waals surface area contributed by atoms with Crippen LogP contribution in [0.2, 0.25) is 0 Å². The van der Waals surface area contributed by atoms with Crippen molar-refractivity contribution in [1.29, 1.82) is 0 Å². The van der Waals surface area contributed by atoms with Gasteiger partial charge in [0.1, 0.15) is 63.4 Å². The molecule has 124 heavy (non-hydrogen) atoms. The molecule has 12 heterocycles. The average molecular weight is 1680 g/mol. The lowest BCUT2D eigenvalue weighted by atomic mass is 9.78. The Balaban J connectivity index is 0.000000127. The summed E-state index contributed by atoms with van der Waals surface area (Å²) < 4.78 is 85.9. The number of halogens is 6. The van der Waals surface area contributed by atoms with Gasteiger partial charge in [-0.3, -0.25) is 58.4 Å². The molecular formula is C97H97F6N15O6. The maximum atomic E-state index is 14.4. The van der Waals surface area contributed by atoms with Crippen molar-refractivity contribution < 1.29 is 55.1 Å². The molecule has 2 saturated carbocycles. The third-order valence-corrected chi connectivity index (χ3v) is 29.2. The first-order valence-corrected chi connectivity index (χ1v) is 42.6. The Hall–Kier alpha value is -11.9. The summed E-state index contributed by atoms with van der Waals surface area (Å²) >= 11 is 0. The molecule has 3 aromatic carbocycles. The molecule has 5 fully saturated rings. The molecule has 3 saturated heterocycles. The smallest absolute Gasteiger partial charge is 0.244 e. The number of carbonyl (C=O) groups excluding carboxylic acids is 6. The lowest BCUT2D eigenvalue weighted by Crippen LogP contribution is -2.70. The number of fused-ring (bicyclic) bond motifs is 9. The minimum Gasteiger partial charge on any atom is -0.330 e. The van der Waals surface area contributed by atoms with Crippen LogP contribution < -0.4 is 16.0 Å². The third-order valence-electron chi connectivity index (χ3n) is 29.2. The van der Waals surface area contributed by atoms with Gasteiger partial charge in [-0.15, -0.1) is 0 Å². The molecule has 9 aromatic rings. The minimum absolute atomic E-state index is 0.0294. The maximum Gasteiger partial charge on any atom is 0.244 e. The number of rotatable bonds is 11. The molecule has 0 radical (unpaired) electrons. The number of carbonyl (C=O) groups is 6. The number of nitrogens with one attached hydrogen (secondary N) is 3. The zero-order chi connectivity index (χ0) is 87.0. The Morgan fingerprint density at radius 3 is 1.29 bits per heavy atom. The Morgan fingerprint density at radius 2 is 0.831 bits per heavy atom. The van der Waals surface area contributed by atoms with Gasteiger partial charge in [0.2, 0.25) is 35.4 Å². The van der Waals surface area contributed by atoms with Crippen LogP contribution in [-0.4, -0.2) is 172 Å².